The van der Waals surface area contributed by atoms with Crippen molar-refractivity contribution in [3.63, 3.8) is 0 Å². The van der Waals surface area contributed by atoms with Gasteiger partial charge in [-0.25, -0.2) is 0 Å². The van der Waals surface area contributed by atoms with E-state index in [4.69, 9.17) is 4.43 Å². The van der Waals surface area contributed by atoms with Gasteiger partial charge in [-0.1, -0.05) is 48.0 Å². The highest BCUT2D eigenvalue weighted by Crippen LogP contribution is 2.44. The van der Waals surface area contributed by atoms with Crippen molar-refractivity contribution in [2.75, 3.05) is 32.7 Å². The van der Waals surface area contributed by atoms with E-state index in [0.29, 0.717) is 6.10 Å². The fraction of sp³-hybridized carbons (Fsp3) is 1.00. The fourth-order valence-corrected chi connectivity index (χ4v) is 13.7. The molecule has 0 radical (unpaired) electrons. The Balaban J connectivity index is 2.41. The van der Waals surface area contributed by atoms with Crippen LogP contribution < -0.4 is 0 Å². The van der Waals surface area contributed by atoms with Gasteiger partial charge in [0.25, 0.3) is 0 Å². The molecule has 0 bridgehead atoms. The lowest BCUT2D eigenvalue weighted by molar-refractivity contribution is 0.175. The molecular formula is C20H46N2OSi2. The summed E-state index contributed by atoms with van der Waals surface area (Å²) in [5, 5.41) is 0. The molecule has 0 aromatic carbocycles. The van der Waals surface area contributed by atoms with Crippen LogP contribution in [0, 0.1) is 0 Å². The quantitative estimate of drug-likeness (QED) is 0.384. The van der Waals surface area contributed by atoms with Crippen molar-refractivity contribution < 1.29 is 4.43 Å². The number of rotatable bonds is 11. The lowest BCUT2D eigenvalue weighted by Gasteiger charge is -2.53. The van der Waals surface area contributed by atoms with Crippen LogP contribution in [0.1, 0.15) is 68.2 Å². The third-order valence-corrected chi connectivity index (χ3v) is 15.0. The molecule has 0 N–H and O–H groups in total. The van der Waals surface area contributed by atoms with Gasteiger partial charge in [0, 0.05) is 32.3 Å². The Morgan fingerprint density at radius 3 is 1.76 bits per heavy atom. The average Bonchev–Trinajstić information content (AvgIpc) is 2.51. The summed E-state index contributed by atoms with van der Waals surface area (Å²) in [5.74, 6) is 0. The van der Waals surface area contributed by atoms with Crippen LogP contribution in [0.5, 0.6) is 0 Å². The smallest absolute Gasteiger partial charge is 0.161 e. The molecule has 0 atom stereocenters. The van der Waals surface area contributed by atoms with E-state index in [1.807, 2.05) is 0 Å². The fourth-order valence-electron chi connectivity index (χ4n) is 5.39. The van der Waals surface area contributed by atoms with E-state index in [2.05, 4.69) is 64.9 Å². The molecule has 1 saturated heterocycles. The van der Waals surface area contributed by atoms with E-state index in [1.165, 1.54) is 51.6 Å². The van der Waals surface area contributed by atoms with Crippen LogP contribution in [0.25, 0.3) is 0 Å². The lowest BCUT2D eigenvalue weighted by Crippen LogP contribution is -2.65. The molecule has 0 spiro atoms. The van der Waals surface area contributed by atoms with Gasteiger partial charge in [-0.3, -0.25) is 0 Å². The third kappa shape index (κ3) is 6.45. The van der Waals surface area contributed by atoms with Crippen molar-refractivity contribution in [3.05, 3.63) is 0 Å². The molecule has 0 amide bonds. The Labute approximate surface area is 161 Å². The largest absolute Gasteiger partial charge is 0.422 e. The first-order valence-electron chi connectivity index (χ1n) is 10.8. The van der Waals surface area contributed by atoms with Crippen LogP contribution in [0.15, 0.2) is 0 Å². The summed E-state index contributed by atoms with van der Waals surface area (Å²) in [4.78, 5) is 2.71. The lowest BCUT2D eigenvalue weighted by atomic mass is 10.3. The Morgan fingerprint density at radius 1 is 0.800 bits per heavy atom. The predicted octanol–water partition coefficient (Wildman–Crippen LogP) is 4.49. The second-order valence-electron chi connectivity index (χ2n) is 9.16. The van der Waals surface area contributed by atoms with E-state index in [9.17, 15) is 0 Å². The molecule has 0 aromatic heterocycles. The van der Waals surface area contributed by atoms with Gasteiger partial charge in [0.05, 0.1) is 0 Å². The number of unbranched alkanes of at least 4 members (excludes halogenated alkanes) is 1. The molecule has 1 aliphatic heterocycles. The Morgan fingerprint density at radius 2 is 1.32 bits per heavy atom. The zero-order chi connectivity index (χ0) is 19.0. The minimum Gasteiger partial charge on any atom is -0.422 e. The highest BCUT2D eigenvalue weighted by molar-refractivity contribution is 6.81. The summed E-state index contributed by atoms with van der Waals surface area (Å²) in [6.07, 6.45) is 3.16. The molecule has 5 heteroatoms. The molecule has 150 valence electrons. The molecule has 1 heterocycles. The molecule has 0 aromatic rings. The van der Waals surface area contributed by atoms with Crippen molar-refractivity contribution in [1.82, 2.24) is 9.47 Å². The zero-order valence-corrected chi connectivity index (χ0v) is 20.9. The molecule has 0 aliphatic carbocycles. The summed E-state index contributed by atoms with van der Waals surface area (Å²) < 4.78 is 8.74. The first-order chi connectivity index (χ1) is 11.7. The van der Waals surface area contributed by atoms with Gasteiger partial charge in [-0.05, 0) is 49.5 Å². The number of hydrogen-bond donors (Lipinski definition) is 0. The number of nitrogens with zero attached hydrogens (tertiary/aromatic N) is 2. The van der Waals surface area contributed by atoms with Crippen molar-refractivity contribution in [2.45, 2.75) is 97.0 Å². The van der Waals surface area contributed by atoms with E-state index in [0.717, 1.165) is 16.6 Å². The van der Waals surface area contributed by atoms with Crippen molar-refractivity contribution in [1.29, 1.82) is 0 Å². The van der Waals surface area contributed by atoms with Crippen LogP contribution in [0.3, 0.4) is 0 Å². The van der Waals surface area contributed by atoms with Crippen LogP contribution in [0.4, 0.5) is 0 Å². The summed E-state index contributed by atoms with van der Waals surface area (Å²) in [7, 11) is -1.68. The van der Waals surface area contributed by atoms with E-state index in [-0.39, 0.29) is 9.76 Å². The van der Waals surface area contributed by atoms with Gasteiger partial charge in [0.15, 0.2) is 9.76 Å². The van der Waals surface area contributed by atoms with Gasteiger partial charge in [0.1, 0.15) is 8.24 Å². The van der Waals surface area contributed by atoms with Crippen LogP contribution in [-0.2, 0) is 4.43 Å². The van der Waals surface area contributed by atoms with Gasteiger partial charge >= 0.3 is 0 Å². The van der Waals surface area contributed by atoms with Crippen molar-refractivity contribution in [2.24, 2.45) is 0 Å². The minimum atomic E-state index is -1.42. The monoisotopic (exact) mass is 386 g/mol. The normalized spacial score (nSPS) is 18.7. The van der Waals surface area contributed by atoms with Gasteiger partial charge in [-0.2, -0.15) is 0 Å². The van der Waals surface area contributed by atoms with E-state index >= 15 is 0 Å². The third-order valence-electron chi connectivity index (χ3n) is 6.26. The maximum absolute atomic E-state index is 5.78. The van der Waals surface area contributed by atoms with Gasteiger partial charge < -0.3 is 13.9 Å². The first-order valence-corrected chi connectivity index (χ1v) is 14.6. The first kappa shape index (κ1) is 23.4. The minimum absolute atomic E-state index is 0.261. The molecule has 0 saturated carbocycles. The topological polar surface area (TPSA) is 15.7 Å². The molecule has 1 fully saturated rings. The van der Waals surface area contributed by atoms with Crippen LogP contribution in [0.2, 0.25) is 22.7 Å². The molecular weight excluding hydrogens is 340 g/mol. The summed E-state index contributed by atoms with van der Waals surface area (Å²) in [6, 6.07) is 1.35. The van der Waals surface area contributed by atoms with Gasteiger partial charge in [-0.15, -0.1) is 0 Å². The highest BCUT2D eigenvalue weighted by atomic mass is 28.3. The summed E-state index contributed by atoms with van der Waals surface area (Å²) in [5.41, 5.74) is 2.51. The SMILES string of the molecule is CC(C)O[SiH2]CCCCN1CCN([Si](C(C)C)(C(C)C)C(C)C)CC1. The second kappa shape index (κ2) is 11.2. The Bertz CT molecular complexity index is 332. The predicted molar refractivity (Wildman–Crippen MR) is 118 cm³/mol. The molecule has 1 rings (SSSR count). The van der Waals surface area contributed by atoms with Crippen molar-refractivity contribution >= 4 is 18.0 Å². The molecule has 25 heavy (non-hydrogen) atoms. The van der Waals surface area contributed by atoms with E-state index in [1.54, 1.807) is 0 Å². The maximum atomic E-state index is 5.78. The maximum Gasteiger partial charge on any atom is 0.161 e. The number of hydrogen-bond acceptors (Lipinski definition) is 3. The second-order valence-corrected chi connectivity index (χ2v) is 16.5. The standard InChI is InChI=1S/C20H46N2OSi2/c1-17(2)23-24-16-10-9-11-21-12-14-22(15-13-21)25(18(3)4,19(5)6)20(7)8/h17-20H,9-16,24H2,1-8H3. The number of piperazine rings is 1. The van der Waals surface area contributed by atoms with Crippen LogP contribution in [-0.4, -0.2) is 66.3 Å². The zero-order valence-electron chi connectivity index (χ0n) is 18.5. The Hall–Kier alpha value is 0.314. The summed E-state index contributed by atoms with van der Waals surface area (Å²) in [6.45, 7) is 25.7. The van der Waals surface area contributed by atoms with Crippen LogP contribution >= 0.6 is 0 Å². The van der Waals surface area contributed by atoms with Crippen molar-refractivity contribution in [3.8, 4) is 0 Å². The Kier molecular flexibility index (Phi) is 10.5. The highest BCUT2D eigenvalue weighted by Gasteiger charge is 2.48. The molecule has 1 aliphatic rings. The van der Waals surface area contributed by atoms with E-state index < -0.39 is 8.24 Å². The van der Waals surface area contributed by atoms with Gasteiger partial charge in [0.2, 0.25) is 0 Å². The average molecular weight is 387 g/mol. The summed E-state index contributed by atoms with van der Waals surface area (Å²) >= 11 is 0. The molecule has 3 nitrogen and oxygen atoms in total. The molecule has 0 unspecified atom stereocenters.